The van der Waals surface area contributed by atoms with E-state index in [9.17, 15) is 0 Å². The van der Waals surface area contributed by atoms with Crippen LogP contribution in [0.25, 0.3) is 0 Å². The smallest absolute Gasteiger partial charge is 0.122 e. The fourth-order valence-electron chi connectivity index (χ4n) is 2.52. The maximum Gasteiger partial charge on any atom is 0.122 e. The molecule has 2 unspecified atom stereocenters. The van der Waals surface area contributed by atoms with E-state index >= 15 is 0 Å². The number of nitrogens with one attached hydrogen (secondary N) is 1. The Balaban J connectivity index is 1.96. The van der Waals surface area contributed by atoms with Crippen molar-refractivity contribution >= 4 is 38.9 Å². The molecule has 0 bridgehead atoms. The van der Waals surface area contributed by atoms with Gasteiger partial charge in [-0.2, -0.15) is 0 Å². The third kappa shape index (κ3) is 2.42. The minimum atomic E-state index is 0.220. The zero-order valence-corrected chi connectivity index (χ0v) is 13.5. The second-order valence-corrected chi connectivity index (χ2v) is 7.30. The molecular weight excluding hydrogens is 346 g/mol. The molecule has 2 nitrogen and oxygen atoms in total. The molecule has 5 heteroatoms. The summed E-state index contributed by atoms with van der Waals surface area (Å²) in [6, 6.07) is 10.5. The second kappa shape index (κ2) is 5.44. The Labute approximate surface area is 129 Å². The van der Waals surface area contributed by atoms with E-state index < -0.39 is 0 Å². The Morgan fingerprint density at radius 1 is 1.47 bits per heavy atom. The predicted octanol–water partition coefficient (Wildman–Crippen LogP) is 4.60. The molecule has 2 aromatic rings. The molecule has 1 aromatic heterocycles. The Bertz CT molecular complexity index is 581. The van der Waals surface area contributed by atoms with Crippen LogP contribution in [0.1, 0.15) is 22.4 Å². The molecule has 19 heavy (non-hydrogen) atoms. The minimum Gasteiger partial charge on any atom is -0.493 e. The highest BCUT2D eigenvalue weighted by atomic mass is 79.9. The van der Waals surface area contributed by atoms with E-state index in [0.717, 1.165) is 14.6 Å². The quantitative estimate of drug-likeness (QED) is 0.865. The zero-order valence-electron chi connectivity index (χ0n) is 10.3. The predicted molar refractivity (Wildman–Crippen MR) is 83.5 cm³/mol. The molecule has 2 heterocycles. The van der Waals surface area contributed by atoms with Crippen molar-refractivity contribution in [3.05, 3.63) is 49.6 Å². The summed E-state index contributed by atoms with van der Waals surface area (Å²) >= 11 is 11.3. The van der Waals surface area contributed by atoms with Crippen LogP contribution in [0.2, 0.25) is 5.02 Å². The standard InChI is InChI=1S/C14H13BrClNOS/c1-17-13(12-6-10(16)14(15)19-12)9-7-18-11-5-3-2-4-8(9)11/h2-6,9,13,17H,7H2,1H3. The number of halogens is 2. The number of rotatable bonds is 3. The number of para-hydroxylation sites is 1. The molecule has 0 aliphatic carbocycles. The normalized spacial score (nSPS) is 19.0. The third-order valence-corrected chi connectivity index (χ3v) is 5.98. The summed E-state index contributed by atoms with van der Waals surface area (Å²) in [6.07, 6.45) is 0. The van der Waals surface area contributed by atoms with Gasteiger partial charge in [-0.1, -0.05) is 29.8 Å². The van der Waals surface area contributed by atoms with Crippen LogP contribution in [-0.2, 0) is 0 Å². The largest absolute Gasteiger partial charge is 0.493 e. The summed E-state index contributed by atoms with van der Waals surface area (Å²) in [4.78, 5) is 1.23. The van der Waals surface area contributed by atoms with Crippen LogP contribution in [0.15, 0.2) is 34.1 Å². The van der Waals surface area contributed by atoms with Crippen LogP contribution in [-0.4, -0.2) is 13.7 Å². The molecular formula is C14H13BrClNOS. The molecule has 100 valence electrons. The lowest BCUT2D eigenvalue weighted by atomic mass is 9.92. The fraction of sp³-hybridized carbons (Fsp3) is 0.286. The van der Waals surface area contributed by atoms with Gasteiger partial charge >= 0.3 is 0 Å². The van der Waals surface area contributed by atoms with Crippen molar-refractivity contribution in [2.24, 2.45) is 0 Å². The van der Waals surface area contributed by atoms with Gasteiger partial charge in [0.15, 0.2) is 0 Å². The Morgan fingerprint density at radius 3 is 2.95 bits per heavy atom. The highest BCUT2D eigenvalue weighted by Gasteiger charge is 2.32. The monoisotopic (exact) mass is 357 g/mol. The van der Waals surface area contributed by atoms with Gasteiger partial charge in [0.1, 0.15) is 5.75 Å². The van der Waals surface area contributed by atoms with Crippen molar-refractivity contribution in [3.63, 3.8) is 0 Å². The molecule has 0 saturated carbocycles. The summed E-state index contributed by atoms with van der Waals surface area (Å²) in [5.74, 6) is 1.32. The highest BCUT2D eigenvalue weighted by Crippen LogP contribution is 2.44. The lowest BCUT2D eigenvalue weighted by Gasteiger charge is -2.21. The molecule has 0 amide bonds. The van der Waals surface area contributed by atoms with Gasteiger partial charge in [-0.3, -0.25) is 0 Å². The Morgan fingerprint density at radius 2 is 2.26 bits per heavy atom. The van der Waals surface area contributed by atoms with Crippen LogP contribution in [0.5, 0.6) is 5.75 Å². The number of ether oxygens (including phenoxy) is 1. The van der Waals surface area contributed by atoms with Gasteiger partial charge in [0.25, 0.3) is 0 Å². The van der Waals surface area contributed by atoms with Crippen LogP contribution >= 0.6 is 38.9 Å². The highest BCUT2D eigenvalue weighted by molar-refractivity contribution is 9.11. The van der Waals surface area contributed by atoms with Crippen LogP contribution in [0.4, 0.5) is 0 Å². The van der Waals surface area contributed by atoms with E-state index in [4.69, 9.17) is 16.3 Å². The summed E-state index contributed by atoms with van der Waals surface area (Å²) in [6.45, 7) is 0.706. The summed E-state index contributed by atoms with van der Waals surface area (Å²) in [5.41, 5.74) is 1.27. The molecule has 1 aliphatic rings. The third-order valence-electron chi connectivity index (χ3n) is 3.42. The lowest BCUT2D eigenvalue weighted by Crippen LogP contribution is -2.24. The average molecular weight is 359 g/mol. The van der Waals surface area contributed by atoms with Gasteiger partial charge in [-0.15, -0.1) is 11.3 Å². The van der Waals surface area contributed by atoms with E-state index in [1.165, 1.54) is 10.4 Å². The van der Waals surface area contributed by atoms with Crippen molar-refractivity contribution in [1.29, 1.82) is 0 Å². The van der Waals surface area contributed by atoms with Crippen molar-refractivity contribution in [1.82, 2.24) is 5.32 Å². The Hall–Kier alpha value is -0.550. The maximum atomic E-state index is 6.14. The fourth-order valence-corrected chi connectivity index (χ4v) is 4.44. The summed E-state index contributed by atoms with van der Waals surface area (Å²) in [7, 11) is 1.98. The number of likely N-dealkylation sites (N-methyl/N-ethyl adjacent to an activating group) is 1. The first-order valence-electron chi connectivity index (χ1n) is 6.04. The molecule has 0 spiro atoms. The van der Waals surface area contributed by atoms with Gasteiger partial charge in [0.2, 0.25) is 0 Å². The van der Waals surface area contributed by atoms with Crippen molar-refractivity contribution < 1.29 is 4.74 Å². The van der Waals surface area contributed by atoms with Crippen LogP contribution < -0.4 is 10.1 Å². The van der Waals surface area contributed by atoms with Gasteiger partial charge < -0.3 is 10.1 Å². The van der Waals surface area contributed by atoms with E-state index in [1.54, 1.807) is 11.3 Å². The Kier molecular flexibility index (Phi) is 3.85. The molecule has 1 aliphatic heterocycles. The molecule has 2 atom stereocenters. The molecule has 1 N–H and O–H groups in total. The van der Waals surface area contributed by atoms with E-state index in [2.05, 4.69) is 33.4 Å². The lowest BCUT2D eigenvalue weighted by molar-refractivity contribution is 0.305. The van der Waals surface area contributed by atoms with E-state index in [0.29, 0.717) is 12.5 Å². The first-order valence-corrected chi connectivity index (χ1v) is 8.03. The number of thiophene rings is 1. The first-order chi connectivity index (χ1) is 9.20. The second-order valence-electron chi connectivity index (χ2n) is 4.49. The van der Waals surface area contributed by atoms with Crippen molar-refractivity contribution in [2.75, 3.05) is 13.7 Å². The molecule has 0 saturated heterocycles. The van der Waals surface area contributed by atoms with Gasteiger partial charge in [-0.25, -0.2) is 0 Å². The van der Waals surface area contributed by atoms with Gasteiger partial charge in [0, 0.05) is 16.4 Å². The molecule has 0 fully saturated rings. The van der Waals surface area contributed by atoms with Crippen molar-refractivity contribution in [2.45, 2.75) is 12.0 Å². The van der Waals surface area contributed by atoms with Gasteiger partial charge in [-0.05, 0) is 35.1 Å². The number of hydrogen-bond acceptors (Lipinski definition) is 3. The molecule has 3 rings (SSSR count). The summed E-state index contributed by atoms with van der Waals surface area (Å²) < 4.78 is 6.76. The van der Waals surface area contributed by atoms with Gasteiger partial charge in [0.05, 0.1) is 21.5 Å². The average Bonchev–Trinajstić information content (AvgIpc) is 2.97. The topological polar surface area (TPSA) is 21.3 Å². The molecule has 0 radical (unpaired) electrons. The van der Waals surface area contributed by atoms with Crippen molar-refractivity contribution in [3.8, 4) is 5.75 Å². The summed E-state index contributed by atoms with van der Waals surface area (Å²) in [5, 5.41) is 4.16. The number of benzene rings is 1. The zero-order chi connectivity index (χ0) is 13.4. The SMILES string of the molecule is CNC(c1cc(Cl)c(Br)s1)C1COc2ccccc21. The minimum absolute atomic E-state index is 0.220. The van der Waals surface area contributed by atoms with Crippen LogP contribution in [0, 0.1) is 0 Å². The molecule has 1 aromatic carbocycles. The number of hydrogen-bond donors (Lipinski definition) is 1. The van der Waals surface area contributed by atoms with E-state index in [1.807, 2.05) is 25.2 Å². The van der Waals surface area contributed by atoms with E-state index in [-0.39, 0.29) is 6.04 Å². The maximum absolute atomic E-state index is 6.14. The number of fused-ring (bicyclic) bond motifs is 1. The first kappa shape index (κ1) is 13.4. The van der Waals surface area contributed by atoms with Crippen LogP contribution in [0.3, 0.4) is 0 Å².